The van der Waals surface area contributed by atoms with Crippen LogP contribution in [0.1, 0.15) is 38.7 Å². The standard InChI is InChI=1S/C18H30N2/c1-3-19-12-9-16(2)20-13-10-18(11-14-20)15-17-7-5-4-6-8-17/h4-8,16,18-19H,3,9-15H2,1-2H3. The Balaban J connectivity index is 1.69. The van der Waals surface area contributed by atoms with Crippen LogP contribution in [0.15, 0.2) is 30.3 Å². The van der Waals surface area contributed by atoms with Gasteiger partial charge in [-0.1, -0.05) is 37.3 Å². The van der Waals surface area contributed by atoms with Crippen LogP contribution in [0.2, 0.25) is 0 Å². The van der Waals surface area contributed by atoms with Crippen molar-refractivity contribution in [2.45, 2.75) is 45.6 Å². The summed E-state index contributed by atoms with van der Waals surface area (Å²) < 4.78 is 0. The highest BCUT2D eigenvalue weighted by atomic mass is 15.2. The number of piperidine rings is 1. The van der Waals surface area contributed by atoms with Crippen LogP contribution in [0, 0.1) is 5.92 Å². The molecule has 1 aromatic carbocycles. The molecule has 2 nitrogen and oxygen atoms in total. The Kier molecular flexibility index (Phi) is 6.55. The molecule has 1 fully saturated rings. The van der Waals surface area contributed by atoms with E-state index < -0.39 is 0 Å². The van der Waals surface area contributed by atoms with Gasteiger partial charge >= 0.3 is 0 Å². The quantitative estimate of drug-likeness (QED) is 0.767. The number of benzene rings is 1. The molecule has 0 saturated carbocycles. The average Bonchev–Trinajstić information content (AvgIpc) is 2.49. The third kappa shape index (κ3) is 4.92. The number of hydrogen-bond acceptors (Lipinski definition) is 2. The van der Waals surface area contributed by atoms with E-state index in [1.807, 2.05) is 0 Å². The molecule has 0 radical (unpaired) electrons. The van der Waals surface area contributed by atoms with E-state index in [4.69, 9.17) is 0 Å². The molecular formula is C18H30N2. The Morgan fingerprint density at radius 1 is 1.20 bits per heavy atom. The third-order valence-electron chi connectivity index (χ3n) is 4.63. The number of likely N-dealkylation sites (tertiary alicyclic amines) is 1. The molecule has 2 rings (SSSR count). The van der Waals surface area contributed by atoms with Gasteiger partial charge in [-0.05, 0) is 70.3 Å². The van der Waals surface area contributed by atoms with Gasteiger partial charge in [-0.3, -0.25) is 0 Å². The van der Waals surface area contributed by atoms with Crippen LogP contribution in [0.25, 0.3) is 0 Å². The Hall–Kier alpha value is -0.860. The number of rotatable bonds is 7. The summed E-state index contributed by atoms with van der Waals surface area (Å²) in [4.78, 5) is 2.68. The first-order chi connectivity index (χ1) is 9.79. The Morgan fingerprint density at radius 2 is 1.90 bits per heavy atom. The van der Waals surface area contributed by atoms with Crippen LogP contribution >= 0.6 is 0 Å². The summed E-state index contributed by atoms with van der Waals surface area (Å²) in [6.07, 6.45) is 5.26. The van der Waals surface area contributed by atoms with Gasteiger partial charge in [0.2, 0.25) is 0 Å². The first kappa shape index (κ1) is 15.5. The molecule has 20 heavy (non-hydrogen) atoms. The average molecular weight is 274 g/mol. The van der Waals surface area contributed by atoms with E-state index >= 15 is 0 Å². The van der Waals surface area contributed by atoms with E-state index in [-0.39, 0.29) is 0 Å². The molecule has 1 aliphatic heterocycles. The summed E-state index contributed by atoms with van der Waals surface area (Å²) in [5.74, 6) is 0.884. The maximum absolute atomic E-state index is 3.43. The molecule has 0 amide bonds. The molecule has 0 aliphatic carbocycles. The normalized spacial score (nSPS) is 19.1. The highest BCUT2D eigenvalue weighted by Crippen LogP contribution is 2.23. The van der Waals surface area contributed by atoms with E-state index in [2.05, 4.69) is 54.4 Å². The van der Waals surface area contributed by atoms with Crippen LogP contribution < -0.4 is 5.32 Å². The van der Waals surface area contributed by atoms with Gasteiger partial charge in [-0.2, -0.15) is 0 Å². The summed E-state index contributed by atoms with van der Waals surface area (Å²) in [6, 6.07) is 11.7. The number of nitrogens with one attached hydrogen (secondary N) is 1. The van der Waals surface area contributed by atoms with E-state index in [1.54, 1.807) is 0 Å². The van der Waals surface area contributed by atoms with E-state index in [9.17, 15) is 0 Å². The minimum atomic E-state index is 0.728. The third-order valence-corrected chi connectivity index (χ3v) is 4.63. The predicted octanol–water partition coefficient (Wildman–Crippen LogP) is 3.33. The van der Waals surface area contributed by atoms with Gasteiger partial charge in [0.25, 0.3) is 0 Å². The lowest BCUT2D eigenvalue weighted by Gasteiger charge is -2.36. The van der Waals surface area contributed by atoms with Crippen molar-refractivity contribution in [2.75, 3.05) is 26.2 Å². The molecule has 2 heteroatoms. The SMILES string of the molecule is CCNCCC(C)N1CCC(Cc2ccccc2)CC1. The molecule has 1 unspecified atom stereocenters. The van der Waals surface area contributed by atoms with Gasteiger partial charge < -0.3 is 10.2 Å². The van der Waals surface area contributed by atoms with Gasteiger partial charge in [-0.25, -0.2) is 0 Å². The van der Waals surface area contributed by atoms with Gasteiger partial charge in [0, 0.05) is 6.04 Å². The van der Waals surface area contributed by atoms with Crippen molar-refractivity contribution >= 4 is 0 Å². The highest BCUT2D eigenvalue weighted by Gasteiger charge is 2.22. The molecule has 0 spiro atoms. The number of hydrogen-bond donors (Lipinski definition) is 1. The summed E-state index contributed by atoms with van der Waals surface area (Å²) in [6.45, 7) is 9.37. The monoisotopic (exact) mass is 274 g/mol. The maximum Gasteiger partial charge on any atom is 0.00790 e. The lowest BCUT2D eigenvalue weighted by Crippen LogP contribution is -2.41. The van der Waals surface area contributed by atoms with Crippen LogP contribution in [0.4, 0.5) is 0 Å². The first-order valence-electron chi connectivity index (χ1n) is 8.28. The van der Waals surface area contributed by atoms with Crippen molar-refractivity contribution < 1.29 is 0 Å². The zero-order chi connectivity index (χ0) is 14.2. The van der Waals surface area contributed by atoms with E-state index in [1.165, 1.54) is 44.3 Å². The molecule has 1 heterocycles. The first-order valence-corrected chi connectivity index (χ1v) is 8.28. The summed E-state index contributed by atoms with van der Waals surface area (Å²) in [7, 11) is 0. The van der Waals surface area contributed by atoms with Crippen molar-refractivity contribution in [3.8, 4) is 0 Å². The van der Waals surface area contributed by atoms with Crippen molar-refractivity contribution in [1.82, 2.24) is 10.2 Å². The minimum absolute atomic E-state index is 0.728. The molecule has 1 N–H and O–H groups in total. The molecule has 0 aromatic heterocycles. The van der Waals surface area contributed by atoms with Crippen LogP contribution in [-0.2, 0) is 6.42 Å². The fraction of sp³-hybridized carbons (Fsp3) is 0.667. The fourth-order valence-corrected chi connectivity index (χ4v) is 3.22. The van der Waals surface area contributed by atoms with E-state index in [0.29, 0.717) is 0 Å². The van der Waals surface area contributed by atoms with Crippen LogP contribution in [0.3, 0.4) is 0 Å². The summed E-state index contributed by atoms with van der Waals surface area (Å²) in [5.41, 5.74) is 1.51. The predicted molar refractivity (Wildman–Crippen MR) is 87.1 cm³/mol. The van der Waals surface area contributed by atoms with Crippen molar-refractivity contribution in [1.29, 1.82) is 0 Å². The highest BCUT2D eigenvalue weighted by molar-refractivity contribution is 5.15. The van der Waals surface area contributed by atoms with Gasteiger partial charge in [-0.15, -0.1) is 0 Å². The Morgan fingerprint density at radius 3 is 2.55 bits per heavy atom. The maximum atomic E-state index is 3.43. The topological polar surface area (TPSA) is 15.3 Å². The van der Waals surface area contributed by atoms with Gasteiger partial charge in [0.05, 0.1) is 0 Å². The number of nitrogens with zero attached hydrogens (tertiary/aromatic N) is 1. The van der Waals surface area contributed by atoms with Crippen LogP contribution in [0.5, 0.6) is 0 Å². The second-order valence-corrected chi connectivity index (χ2v) is 6.16. The summed E-state index contributed by atoms with van der Waals surface area (Å²) in [5, 5.41) is 3.43. The lowest BCUT2D eigenvalue weighted by molar-refractivity contribution is 0.135. The molecule has 1 aromatic rings. The van der Waals surface area contributed by atoms with E-state index in [0.717, 1.165) is 25.0 Å². The second kappa shape index (κ2) is 8.43. The second-order valence-electron chi connectivity index (χ2n) is 6.16. The van der Waals surface area contributed by atoms with Gasteiger partial charge in [0.15, 0.2) is 0 Å². The largest absolute Gasteiger partial charge is 0.317 e. The molecule has 112 valence electrons. The molecular weight excluding hydrogens is 244 g/mol. The molecule has 1 aliphatic rings. The van der Waals surface area contributed by atoms with Crippen molar-refractivity contribution in [2.24, 2.45) is 5.92 Å². The zero-order valence-corrected chi connectivity index (χ0v) is 13.1. The summed E-state index contributed by atoms with van der Waals surface area (Å²) >= 11 is 0. The van der Waals surface area contributed by atoms with Crippen LogP contribution in [-0.4, -0.2) is 37.1 Å². The smallest absolute Gasteiger partial charge is 0.00790 e. The Bertz CT molecular complexity index is 355. The molecule has 1 saturated heterocycles. The Labute approximate surface area is 124 Å². The lowest BCUT2D eigenvalue weighted by atomic mass is 9.89. The van der Waals surface area contributed by atoms with Gasteiger partial charge in [0.1, 0.15) is 0 Å². The van der Waals surface area contributed by atoms with Crippen molar-refractivity contribution in [3.63, 3.8) is 0 Å². The van der Waals surface area contributed by atoms with Crippen molar-refractivity contribution in [3.05, 3.63) is 35.9 Å². The molecule has 1 atom stereocenters. The molecule has 0 bridgehead atoms. The minimum Gasteiger partial charge on any atom is -0.317 e. The zero-order valence-electron chi connectivity index (χ0n) is 13.1. The fourth-order valence-electron chi connectivity index (χ4n) is 3.22.